The molecule has 0 saturated carbocycles. The van der Waals surface area contributed by atoms with E-state index in [1.54, 1.807) is 0 Å². The van der Waals surface area contributed by atoms with E-state index in [1.165, 1.54) is 11.1 Å². The summed E-state index contributed by atoms with van der Waals surface area (Å²) in [7, 11) is 0. The Morgan fingerprint density at radius 2 is 1.39 bits per heavy atom. The lowest BCUT2D eigenvalue weighted by Gasteiger charge is -2.66. The Morgan fingerprint density at radius 3 is 1.78 bits per heavy atom. The molecular weight excluding hydrogens is 284 g/mol. The van der Waals surface area contributed by atoms with Crippen molar-refractivity contribution >= 4 is 5.78 Å². The van der Waals surface area contributed by atoms with Gasteiger partial charge in [-0.25, -0.2) is 0 Å². The summed E-state index contributed by atoms with van der Waals surface area (Å²) >= 11 is 0. The van der Waals surface area contributed by atoms with Crippen molar-refractivity contribution in [2.24, 2.45) is 10.8 Å². The second-order valence-corrected chi connectivity index (χ2v) is 7.88. The molecular formula is C20H28N2O. The van der Waals surface area contributed by atoms with Gasteiger partial charge in [-0.05, 0) is 30.4 Å². The van der Waals surface area contributed by atoms with Gasteiger partial charge < -0.3 is 0 Å². The maximum absolute atomic E-state index is 13.2. The normalized spacial score (nSPS) is 41.5. The summed E-state index contributed by atoms with van der Waals surface area (Å²) in [4.78, 5) is 18.3. The zero-order valence-electron chi connectivity index (χ0n) is 14.6. The van der Waals surface area contributed by atoms with Crippen LogP contribution < -0.4 is 0 Å². The van der Waals surface area contributed by atoms with Crippen molar-refractivity contribution in [3.8, 4) is 0 Å². The molecule has 3 heteroatoms. The first kappa shape index (κ1) is 15.3. The van der Waals surface area contributed by atoms with E-state index in [0.29, 0.717) is 11.9 Å². The summed E-state index contributed by atoms with van der Waals surface area (Å²) in [5, 5.41) is 0. The molecule has 4 saturated heterocycles. The number of Topliss-reactive ketones (excluding diaryl/α,β-unsaturated/α-hetero) is 1. The second kappa shape index (κ2) is 5.15. The number of benzene rings is 1. The molecule has 0 radical (unpaired) electrons. The molecule has 4 bridgehead atoms. The molecule has 0 aliphatic carbocycles. The predicted octanol–water partition coefficient (Wildman–Crippen LogP) is 3.25. The van der Waals surface area contributed by atoms with Crippen LogP contribution in [0.2, 0.25) is 0 Å². The fraction of sp³-hybridized carbons (Fsp3) is 0.650. The van der Waals surface area contributed by atoms with E-state index in [9.17, 15) is 4.79 Å². The zero-order valence-corrected chi connectivity index (χ0v) is 14.6. The lowest BCUT2D eigenvalue weighted by molar-refractivity contribution is -0.204. The number of nitrogens with zero attached hydrogens (tertiary/aromatic N) is 2. The van der Waals surface area contributed by atoms with Crippen molar-refractivity contribution in [2.45, 2.75) is 46.2 Å². The van der Waals surface area contributed by atoms with E-state index in [-0.39, 0.29) is 10.8 Å². The minimum absolute atomic E-state index is 0.119. The molecule has 4 aliphatic rings. The fourth-order valence-electron chi connectivity index (χ4n) is 5.31. The molecule has 1 aromatic carbocycles. The molecule has 5 rings (SSSR count). The summed E-state index contributed by atoms with van der Waals surface area (Å²) < 4.78 is 0. The lowest BCUT2D eigenvalue weighted by atomic mass is 9.58. The number of rotatable bonds is 4. The van der Waals surface area contributed by atoms with Gasteiger partial charge in [0.05, 0.1) is 17.0 Å². The highest BCUT2D eigenvalue weighted by molar-refractivity contribution is 5.93. The molecule has 3 nitrogen and oxygen atoms in total. The van der Waals surface area contributed by atoms with Crippen LogP contribution >= 0.6 is 0 Å². The van der Waals surface area contributed by atoms with Crippen LogP contribution in [-0.2, 0) is 11.2 Å². The smallest absolute Gasteiger partial charge is 0.150 e. The maximum Gasteiger partial charge on any atom is 0.150 e. The molecule has 0 amide bonds. The molecule has 23 heavy (non-hydrogen) atoms. The van der Waals surface area contributed by atoms with Crippen LogP contribution in [0.15, 0.2) is 24.3 Å². The average Bonchev–Trinajstić information content (AvgIpc) is 2.58. The van der Waals surface area contributed by atoms with E-state index in [0.717, 1.165) is 45.4 Å². The second-order valence-electron chi connectivity index (χ2n) is 7.88. The molecule has 0 N–H and O–H groups in total. The van der Waals surface area contributed by atoms with Crippen LogP contribution in [0, 0.1) is 10.8 Å². The Hall–Kier alpha value is -1.19. The van der Waals surface area contributed by atoms with Crippen molar-refractivity contribution in [3.63, 3.8) is 0 Å². The highest BCUT2D eigenvalue weighted by atomic mass is 16.1. The van der Waals surface area contributed by atoms with Gasteiger partial charge in [0.25, 0.3) is 0 Å². The van der Waals surface area contributed by atoms with Gasteiger partial charge >= 0.3 is 0 Å². The maximum atomic E-state index is 13.2. The third-order valence-corrected chi connectivity index (χ3v) is 6.72. The summed E-state index contributed by atoms with van der Waals surface area (Å²) in [6.45, 7) is 10.4. The van der Waals surface area contributed by atoms with Crippen molar-refractivity contribution in [2.75, 3.05) is 26.2 Å². The predicted molar refractivity (Wildman–Crippen MR) is 92.2 cm³/mol. The number of carbonyl (C=O) groups is 1. The van der Waals surface area contributed by atoms with Crippen molar-refractivity contribution in [3.05, 3.63) is 35.4 Å². The van der Waals surface area contributed by atoms with Crippen molar-refractivity contribution < 1.29 is 4.79 Å². The van der Waals surface area contributed by atoms with E-state index < -0.39 is 0 Å². The Balaban J connectivity index is 1.71. The number of aryl methyl sites for hydroxylation is 1. The minimum atomic E-state index is -0.119. The van der Waals surface area contributed by atoms with Crippen LogP contribution in [0.25, 0.3) is 0 Å². The largest absolute Gasteiger partial charge is 0.298 e. The van der Waals surface area contributed by atoms with Crippen molar-refractivity contribution in [1.29, 1.82) is 0 Å². The van der Waals surface area contributed by atoms with E-state index in [2.05, 4.69) is 54.8 Å². The van der Waals surface area contributed by atoms with Crippen LogP contribution in [0.1, 0.15) is 50.9 Å². The molecule has 4 aliphatic heterocycles. The zero-order chi connectivity index (χ0) is 16.2. The molecule has 0 atom stereocenters. The van der Waals surface area contributed by atoms with E-state index >= 15 is 0 Å². The van der Waals surface area contributed by atoms with Crippen LogP contribution in [0.3, 0.4) is 0 Å². The quantitative estimate of drug-likeness (QED) is 0.852. The third-order valence-electron chi connectivity index (χ3n) is 6.72. The Bertz CT molecular complexity index is 579. The van der Waals surface area contributed by atoms with Gasteiger partial charge in [-0.3, -0.25) is 14.6 Å². The molecule has 4 fully saturated rings. The van der Waals surface area contributed by atoms with Crippen molar-refractivity contribution in [1.82, 2.24) is 9.80 Å². The highest BCUT2D eigenvalue weighted by Crippen LogP contribution is 2.54. The number of hydrogen-bond donors (Lipinski definition) is 0. The van der Waals surface area contributed by atoms with Gasteiger partial charge in [-0.15, -0.1) is 0 Å². The fourth-order valence-corrected chi connectivity index (χ4v) is 5.31. The lowest BCUT2D eigenvalue weighted by Crippen LogP contribution is -2.76. The van der Waals surface area contributed by atoms with Gasteiger partial charge in [-0.1, -0.05) is 45.0 Å². The molecule has 124 valence electrons. The van der Waals surface area contributed by atoms with Gasteiger partial charge in [0.2, 0.25) is 0 Å². The number of hydrogen-bond acceptors (Lipinski definition) is 3. The summed E-state index contributed by atoms with van der Waals surface area (Å²) in [6, 6.07) is 9.12. The highest BCUT2D eigenvalue weighted by Gasteiger charge is 2.64. The minimum Gasteiger partial charge on any atom is -0.298 e. The molecule has 0 aromatic heterocycles. The average molecular weight is 312 g/mol. The molecule has 0 spiro atoms. The first-order valence-corrected chi connectivity index (χ1v) is 9.19. The summed E-state index contributed by atoms with van der Waals surface area (Å²) in [5.74, 6) is 0.558. The first-order chi connectivity index (χ1) is 11.1. The SMILES string of the molecule is CCc1ccc(C2N3CC4(CC)CN2CC(CC)(C3)C4=O)cc1. The topological polar surface area (TPSA) is 23.6 Å². The third kappa shape index (κ3) is 1.99. The summed E-state index contributed by atoms with van der Waals surface area (Å²) in [6.07, 6.45) is 3.41. The Morgan fingerprint density at radius 1 is 0.913 bits per heavy atom. The van der Waals surface area contributed by atoms with Gasteiger partial charge in [0, 0.05) is 26.2 Å². The number of ketones is 1. The van der Waals surface area contributed by atoms with Gasteiger partial charge in [0.15, 0.2) is 0 Å². The molecule has 1 aromatic rings. The number of carbonyl (C=O) groups excluding carboxylic acids is 1. The molecule has 4 heterocycles. The number of piperidine rings is 2. The van der Waals surface area contributed by atoms with Gasteiger partial charge in [0.1, 0.15) is 5.78 Å². The first-order valence-electron chi connectivity index (χ1n) is 9.19. The molecule has 0 unspecified atom stereocenters. The van der Waals surface area contributed by atoms with Crippen LogP contribution in [-0.4, -0.2) is 41.8 Å². The summed E-state index contributed by atoms with van der Waals surface area (Å²) in [5.41, 5.74) is 2.55. The standard InChI is InChI=1S/C20H28N2O/c1-4-15-7-9-16(10-8-15)17-21-11-19(5-2)12-22(17)14-20(6-3,13-21)18(19)23/h7-10,17H,4-6,11-14H2,1-3H3. The van der Waals surface area contributed by atoms with E-state index in [4.69, 9.17) is 0 Å². The monoisotopic (exact) mass is 312 g/mol. The van der Waals surface area contributed by atoms with E-state index in [1.807, 2.05) is 0 Å². The van der Waals surface area contributed by atoms with Crippen LogP contribution in [0.4, 0.5) is 0 Å². The Labute approximate surface area is 139 Å². The Kier molecular flexibility index (Phi) is 3.44. The van der Waals surface area contributed by atoms with Gasteiger partial charge in [-0.2, -0.15) is 0 Å². The van der Waals surface area contributed by atoms with Crippen LogP contribution in [0.5, 0.6) is 0 Å².